The van der Waals surface area contributed by atoms with Crippen LogP contribution in [0.3, 0.4) is 0 Å². The molecule has 5 aromatic rings. The van der Waals surface area contributed by atoms with Crippen LogP contribution in [0, 0.1) is 25.7 Å². The van der Waals surface area contributed by atoms with E-state index in [1.54, 1.807) is 22.7 Å². The van der Waals surface area contributed by atoms with Crippen LogP contribution in [-0.2, 0) is 0 Å². The van der Waals surface area contributed by atoms with Crippen LogP contribution in [0.15, 0.2) is 12.1 Å². The average molecular weight is 973 g/mol. The smallest absolute Gasteiger partial charge is 0.263 e. The molecule has 4 unspecified atom stereocenters. The van der Waals surface area contributed by atoms with E-state index < -0.39 is 0 Å². The molecular weight excluding hydrogens is 901 g/mol. The van der Waals surface area contributed by atoms with Gasteiger partial charge in [0, 0.05) is 38.5 Å². The lowest BCUT2D eigenvalue weighted by Gasteiger charge is -2.22. The van der Waals surface area contributed by atoms with Crippen molar-refractivity contribution >= 4 is 89.1 Å². The van der Waals surface area contributed by atoms with Gasteiger partial charge in [0.15, 0.2) is 0 Å². The number of amides is 4. The Morgan fingerprint density at radius 3 is 1.39 bits per heavy atom. The molecule has 4 atom stereocenters. The van der Waals surface area contributed by atoms with Gasteiger partial charge in [-0.25, -0.2) is 0 Å². The second-order valence-corrected chi connectivity index (χ2v) is 23.3. The number of thiophene rings is 4. The van der Waals surface area contributed by atoms with Gasteiger partial charge in [-0.1, -0.05) is 120 Å². The Bertz CT molecular complexity index is 2490. The number of carbonyl (C=O) groups is 4. The van der Waals surface area contributed by atoms with Gasteiger partial charge in [-0.05, 0) is 76.3 Å². The maximum absolute atomic E-state index is 15.1. The van der Waals surface area contributed by atoms with Crippen LogP contribution in [0.2, 0.25) is 0 Å². The predicted molar refractivity (Wildman–Crippen MR) is 279 cm³/mol. The maximum Gasteiger partial charge on any atom is 0.263 e. The molecule has 358 valence electrons. The lowest BCUT2D eigenvalue weighted by atomic mass is 9.99. The summed E-state index contributed by atoms with van der Waals surface area (Å²) >= 11 is 6.15. The molecule has 0 fully saturated rings. The van der Waals surface area contributed by atoms with Crippen molar-refractivity contribution in [2.45, 2.75) is 184 Å². The third-order valence-corrected chi connectivity index (χ3v) is 18.8. The summed E-state index contributed by atoms with van der Waals surface area (Å²) in [7, 11) is 0. The van der Waals surface area contributed by atoms with Gasteiger partial charge < -0.3 is 9.47 Å². The van der Waals surface area contributed by atoms with Crippen molar-refractivity contribution in [3.8, 4) is 31.0 Å². The Hall–Kier alpha value is -3.58. The van der Waals surface area contributed by atoms with E-state index in [0.717, 1.165) is 149 Å². The van der Waals surface area contributed by atoms with Crippen LogP contribution >= 0.6 is 45.3 Å². The minimum absolute atomic E-state index is 0.0367. The predicted octanol–water partition coefficient (Wildman–Crippen LogP) is 16.5. The number of imide groups is 2. The second kappa shape index (κ2) is 22.2. The summed E-state index contributed by atoms with van der Waals surface area (Å²) in [5, 5.41) is 2.01. The lowest BCUT2D eigenvalue weighted by molar-refractivity contribution is 0.0608. The van der Waals surface area contributed by atoms with Crippen LogP contribution in [0.4, 0.5) is 0 Å². The Kier molecular flexibility index (Phi) is 16.9. The van der Waals surface area contributed by atoms with Crippen molar-refractivity contribution in [3.63, 3.8) is 0 Å². The normalized spacial score (nSPS) is 15.7. The third-order valence-electron chi connectivity index (χ3n) is 14.0. The van der Waals surface area contributed by atoms with Crippen LogP contribution in [0.25, 0.3) is 39.7 Å². The Morgan fingerprint density at radius 1 is 0.485 bits per heavy atom. The van der Waals surface area contributed by atoms with Gasteiger partial charge in [-0.15, -0.1) is 45.3 Å². The summed E-state index contributed by atoms with van der Waals surface area (Å²) in [6.07, 6.45) is 15.9. The highest BCUT2D eigenvalue weighted by molar-refractivity contribution is 7.29. The van der Waals surface area contributed by atoms with Gasteiger partial charge in [-0.2, -0.15) is 0 Å². The summed E-state index contributed by atoms with van der Waals surface area (Å²) < 4.78 is 16.3. The van der Waals surface area contributed by atoms with E-state index in [1.807, 2.05) is 6.92 Å². The highest BCUT2D eigenvalue weighted by Gasteiger charge is 2.47. The molecule has 7 rings (SSSR count). The maximum atomic E-state index is 15.1. The van der Waals surface area contributed by atoms with Gasteiger partial charge in [-0.3, -0.25) is 29.0 Å². The van der Waals surface area contributed by atoms with Crippen LogP contribution in [0.5, 0.6) is 11.5 Å². The SMILES string of the molecule is CCCCC(CC)CN1C(=O)c2c(C)sc(-c3sc(-c4cc5c(OC(CC)CCCC)c6sc(C)cc6c(OC(CC)CCCC)c5s4)c4c3C(=O)N(CC(CC)CCCC)C4=O)c2C1=O. The molecule has 12 heteroatoms. The second-order valence-electron chi connectivity index (χ2n) is 18.7. The van der Waals surface area contributed by atoms with E-state index >= 15 is 9.59 Å². The average Bonchev–Trinajstić information content (AvgIpc) is 4.16. The molecule has 1 aromatic carbocycles. The molecule has 0 saturated heterocycles. The topological polar surface area (TPSA) is 93.2 Å². The highest BCUT2D eigenvalue weighted by Crippen LogP contribution is 2.56. The van der Waals surface area contributed by atoms with Gasteiger partial charge in [0.2, 0.25) is 0 Å². The number of unbranched alkanes of at least 4 members (excludes halogenated alkanes) is 4. The molecule has 2 aliphatic rings. The van der Waals surface area contributed by atoms with Crippen molar-refractivity contribution in [1.82, 2.24) is 9.80 Å². The number of hydrogen-bond donors (Lipinski definition) is 0. The van der Waals surface area contributed by atoms with Gasteiger partial charge in [0.25, 0.3) is 23.6 Å². The molecule has 0 spiro atoms. The van der Waals surface area contributed by atoms with Crippen molar-refractivity contribution in [2.24, 2.45) is 11.8 Å². The van der Waals surface area contributed by atoms with Crippen molar-refractivity contribution in [3.05, 3.63) is 44.1 Å². The summed E-state index contributed by atoms with van der Waals surface area (Å²) in [6.45, 7) is 22.2. The molecule has 66 heavy (non-hydrogen) atoms. The number of hydrogen-bond acceptors (Lipinski definition) is 10. The quantitative estimate of drug-likeness (QED) is 0.0513. The Morgan fingerprint density at radius 2 is 0.909 bits per heavy atom. The zero-order chi connectivity index (χ0) is 47.4. The number of aryl methyl sites for hydroxylation is 2. The highest BCUT2D eigenvalue weighted by atomic mass is 32.1. The summed E-state index contributed by atoms with van der Waals surface area (Å²) in [4.78, 5) is 66.6. The number of carbonyl (C=O) groups excluding carboxylic acids is 4. The van der Waals surface area contributed by atoms with Gasteiger partial charge >= 0.3 is 0 Å². The summed E-state index contributed by atoms with van der Waals surface area (Å²) in [5.41, 5.74) is 1.59. The molecule has 4 amide bonds. The number of nitrogens with zero attached hydrogens (tertiary/aromatic N) is 2. The molecule has 8 nitrogen and oxygen atoms in total. The van der Waals surface area contributed by atoms with E-state index in [2.05, 4.69) is 74.4 Å². The number of benzene rings is 1. The summed E-state index contributed by atoms with van der Waals surface area (Å²) in [5.74, 6) is 0.969. The molecule has 6 heterocycles. The van der Waals surface area contributed by atoms with Crippen molar-refractivity contribution in [2.75, 3.05) is 13.1 Å². The largest absolute Gasteiger partial charge is 0.488 e. The van der Waals surface area contributed by atoms with Crippen LogP contribution in [-0.4, -0.2) is 58.7 Å². The first kappa shape index (κ1) is 50.3. The van der Waals surface area contributed by atoms with Crippen molar-refractivity contribution in [1.29, 1.82) is 0 Å². The monoisotopic (exact) mass is 972 g/mol. The fourth-order valence-corrected chi connectivity index (χ4v) is 14.6. The molecule has 0 N–H and O–H groups in total. The van der Waals surface area contributed by atoms with E-state index in [9.17, 15) is 9.59 Å². The van der Waals surface area contributed by atoms with E-state index in [1.165, 1.54) is 37.4 Å². The zero-order valence-electron chi connectivity index (χ0n) is 41.2. The first-order chi connectivity index (χ1) is 31.9. The lowest BCUT2D eigenvalue weighted by Crippen LogP contribution is -2.35. The molecule has 0 radical (unpaired) electrons. The third kappa shape index (κ3) is 9.68. The minimum atomic E-state index is -0.310. The van der Waals surface area contributed by atoms with Crippen molar-refractivity contribution < 1.29 is 28.7 Å². The van der Waals surface area contributed by atoms with Crippen LogP contribution < -0.4 is 9.47 Å². The van der Waals surface area contributed by atoms with Crippen LogP contribution in [0.1, 0.15) is 209 Å². The molecule has 4 aromatic heterocycles. The number of ether oxygens (including phenoxy) is 2. The van der Waals surface area contributed by atoms with Gasteiger partial charge in [0.05, 0.1) is 58.5 Å². The first-order valence-electron chi connectivity index (χ1n) is 25.3. The fraction of sp³-hybridized carbons (Fsp3) is 0.593. The zero-order valence-corrected chi connectivity index (χ0v) is 44.4. The standard InChI is InChI=1S/C54H72N2O6S4/c1-11-19-23-33(15-5)29-55-51(57)40-32(10)64-49(41(40)52(55)58)50-43-42(53(59)56(54(43)60)30-34(16-6)24-20-12-2)48(66-50)39-28-38-45(62-36(18-8)26-22-14-4)46-37(27-31(9)63-46)44(47(38)65-39)61-35(17-7)25-21-13-3/h27-28,33-36H,11-26,29-30H2,1-10H3. The van der Waals surface area contributed by atoms with E-state index in [0.29, 0.717) is 45.1 Å². The Labute approximate surface area is 409 Å². The number of rotatable bonds is 26. The van der Waals surface area contributed by atoms with Gasteiger partial charge in [0.1, 0.15) is 11.5 Å². The molecule has 0 aliphatic carbocycles. The first-order valence-corrected chi connectivity index (χ1v) is 28.5. The molecule has 0 saturated carbocycles. The minimum Gasteiger partial charge on any atom is -0.488 e. The molecular formula is C54H72N2O6S4. The molecule has 2 aliphatic heterocycles. The Balaban J connectivity index is 1.45. The fourth-order valence-electron chi connectivity index (χ4n) is 9.81. The number of fused-ring (bicyclic) bond motifs is 4. The van der Waals surface area contributed by atoms with E-state index in [4.69, 9.17) is 9.47 Å². The van der Waals surface area contributed by atoms with E-state index in [-0.39, 0.29) is 47.7 Å². The summed E-state index contributed by atoms with van der Waals surface area (Å²) in [6, 6.07) is 4.41. The molecule has 0 bridgehead atoms.